The van der Waals surface area contributed by atoms with Gasteiger partial charge in [-0.05, 0) is 36.9 Å². The smallest absolute Gasteiger partial charge is 0.263 e. The first-order valence-corrected chi connectivity index (χ1v) is 9.39. The topological polar surface area (TPSA) is 65.5 Å². The van der Waals surface area contributed by atoms with E-state index in [2.05, 4.69) is 15.2 Å². The minimum atomic E-state index is -0.106. The number of carbonyl (C=O) groups is 2. The maximum Gasteiger partial charge on any atom is 0.263 e. The third-order valence-electron chi connectivity index (χ3n) is 4.19. The van der Waals surface area contributed by atoms with E-state index in [1.807, 2.05) is 35.4 Å². The number of thiophene rings is 1. The van der Waals surface area contributed by atoms with Crippen molar-refractivity contribution >= 4 is 29.0 Å². The maximum absolute atomic E-state index is 12.5. The van der Waals surface area contributed by atoms with Gasteiger partial charge in [-0.25, -0.2) is 4.98 Å². The van der Waals surface area contributed by atoms with Crippen LogP contribution in [-0.2, 0) is 0 Å². The molecule has 0 unspecified atom stereocenters. The van der Waals surface area contributed by atoms with Crippen molar-refractivity contribution in [2.75, 3.05) is 37.6 Å². The first kappa shape index (κ1) is 17.4. The molecule has 1 aliphatic rings. The molecule has 132 valence electrons. The van der Waals surface area contributed by atoms with E-state index in [9.17, 15) is 9.59 Å². The Kier molecular flexibility index (Phi) is 5.65. The average molecular weight is 358 g/mol. The monoisotopic (exact) mass is 358 g/mol. The summed E-state index contributed by atoms with van der Waals surface area (Å²) in [5.41, 5.74) is 0.565. The molecule has 0 spiro atoms. The van der Waals surface area contributed by atoms with E-state index >= 15 is 0 Å². The molecule has 1 aliphatic heterocycles. The number of carbonyl (C=O) groups excluding carboxylic acids is 2. The minimum Gasteiger partial charge on any atom is -0.355 e. The molecule has 0 aromatic carbocycles. The Morgan fingerprint density at radius 2 is 2.08 bits per heavy atom. The molecule has 2 amide bonds. The molecule has 25 heavy (non-hydrogen) atoms. The fourth-order valence-corrected chi connectivity index (χ4v) is 3.57. The third kappa shape index (κ3) is 4.17. The molecule has 3 heterocycles. The van der Waals surface area contributed by atoms with Crippen LogP contribution in [-0.4, -0.2) is 54.4 Å². The van der Waals surface area contributed by atoms with E-state index in [0.29, 0.717) is 18.7 Å². The number of hydrogen-bond donors (Lipinski definition) is 1. The van der Waals surface area contributed by atoms with Gasteiger partial charge in [-0.1, -0.05) is 6.07 Å². The molecular weight excluding hydrogens is 336 g/mol. The Labute approximate surface area is 151 Å². The summed E-state index contributed by atoms with van der Waals surface area (Å²) in [6, 6.07) is 7.45. The van der Waals surface area contributed by atoms with E-state index in [4.69, 9.17) is 0 Å². The van der Waals surface area contributed by atoms with Gasteiger partial charge in [-0.15, -0.1) is 11.3 Å². The molecule has 6 nitrogen and oxygen atoms in total. The second kappa shape index (κ2) is 8.11. The zero-order valence-corrected chi connectivity index (χ0v) is 15.1. The molecule has 0 atom stereocenters. The van der Waals surface area contributed by atoms with Gasteiger partial charge in [0.2, 0.25) is 0 Å². The lowest BCUT2D eigenvalue weighted by Gasteiger charge is -2.22. The highest BCUT2D eigenvalue weighted by Crippen LogP contribution is 2.17. The second-order valence-electron chi connectivity index (χ2n) is 5.87. The Morgan fingerprint density at radius 3 is 2.76 bits per heavy atom. The minimum absolute atomic E-state index is 0.106. The summed E-state index contributed by atoms with van der Waals surface area (Å²) in [4.78, 5) is 33.6. The quantitative estimate of drug-likeness (QED) is 0.910. The van der Waals surface area contributed by atoms with Gasteiger partial charge >= 0.3 is 0 Å². The highest BCUT2D eigenvalue weighted by atomic mass is 32.1. The molecule has 1 fully saturated rings. The largest absolute Gasteiger partial charge is 0.355 e. The molecule has 2 aromatic heterocycles. The normalized spacial score (nSPS) is 14.9. The molecule has 0 bridgehead atoms. The van der Waals surface area contributed by atoms with Crippen molar-refractivity contribution in [3.63, 3.8) is 0 Å². The first-order chi connectivity index (χ1) is 12.2. The van der Waals surface area contributed by atoms with Crippen LogP contribution in [0.5, 0.6) is 0 Å². The van der Waals surface area contributed by atoms with Gasteiger partial charge in [-0.3, -0.25) is 9.59 Å². The SMILES string of the molecule is CCNC(=O)c1ccc(N2CCCN(C(=O)c3cccs3)CC2)nc1. The molecule has 3 rings (SSSR count). The summed E-state index contributed by atoms with van der Waals surface area (Å²) in [5.74, 6) is 0.847. The molecule has 0 aliphatic carbocycles. The van der Waals surface area contributed by atoms with E-state index in [1.54, 1.807) is 12.3 Å². The van der Waals surface area contributed by atoms with Crippen molar-refractivity contribution in [1.29, 1.82) is 0 Å². The van der Waals surface area contributed by atoms with Crippen LogP contribution in [0.25, 0.3) is 0 Å². The lowest BCUT2D eigenvalue weighted by Crippen LogP contribution is -2.35. The summed E-state index contributed by atoms with van der Waals surface area (Å²) >= 11 is 1.48. The molecule has 0 radical (unpaired) electrons. The number of rotatable bonds is 4. The summed E-state index contributed by atoms with van der Waals surface area (Å²) in [6.07, 6.45) is 2.51. The van der Waals surface area contributed by atoms with Gasteiger partial charge in [0.15, 0.2) is 0 Å². The fraction of sp³-hybridized carbons (Fsp3) is 0.389. The third-order valence-corrected chi connectivity index (χ3v) is 5.04. The van der Waals surface area contributed by atoms with E-state index in [0.717, 1.165) is 36.8 Å². The van der Waals surface area contributed by atoms with Crippen LogP contribution in [0.4, 0.5) is 5.82 Å². The molecule has 7 heteroatoms. The summed E-state index contributed by atoms with van der Waals surface area (Å²) in [6.45, 7) is 5.51. The van der Waals surface area contributed by atoms with Crippen molar-refractivity contribution in [3.05, 3.63) is 46.3 Å². The number of amides is 2. The Hall–Kier alpha value is -2.41. The Balaban J connectivity index is 1.63. The molecule has 0 saturated carbocycles. The van der Waals surface area contributed by atoms with E-state index in [-0.39, 0.29) is 11.8 Å². The zero-order chi connectivity index (χ0) is 17.6. The average Bonchev–Trinajstić information content (AvgIpc) is 3.06. The van der Waals surface area contributed by atoms with Crippen molar-refractivity contribution in [2.45, 2.75) is 13.3 Å². The van der Waals surface area contributed by atoms with Gasteiger partial charge in [0, 0.05) is 38.9 Å². The van der Waals surface area contributed by atoms with Gasteiger partial charge in [-0.2, -0.15) is 0 Å². The van der Waals surface area contributed by atoms with Crippen molar-refractivity contribution < 1.29 is 9.59 Å². The van der Waals surface area contributed by atoms with Crippen molar-refractivity contribution in [1.82, 2.24) is 15.2 Å². The predicted molar refractivity (Wildman–Crippen MR) is 99.3 cm³/mol. The standard InChI is InChI=1S/C18H22N4O2S/c1-2-19-17(23)14-6-7-16(20-13-14)21-8-4-9-22(11-10-21)18(24)15-5-3-12-25-15/h3,5-7,12-13H,2,4,8-11H2,1H3,(H,19,23). The number of hydrogen-bond acceptors (Lipinski definition) is 5. The highest BCUT2D eigenvalue weighted by Gasteiger charge is 2.21. The zero-order valence-electron chi connectivity index (χ0n) is 14.3. The van der Waals surface area contributed by atoms with E-state index < -0.39 is 0 Å². The van der Waals surface area contributed by atoms with Crippen LogP contribution >= 0.6 is 11.3 Å². The number of pyridine rings is 1. The summed E-state index contributed by atoms with van der Waals surface area (Å²) < 4.78 is 0. The number of nitrogens with zero attached hydrogens (tertiary/aromatic N) is 3. The molecule has 1 saturated heterocycles. The van der Waals surface area contributed by atoms with Crippen LogP contribution in [0.15, 0.2) is 35.8 Å². The van der Waals surface area contributed by atoms with Gasteiger partial charge < -0.3 is 15.1 Å². The number of aromatic nitrogens is 1. The lowest BCUT2D eigenvalue weighted by atomic mass is 10.2. The lowest BCUT2D eigenvalue weighted by molar-refractivity contribution is 0.0771. The maximum atomic E-state index is 12.5. The van der Waals surface area contributed by atoms with Crippen LogP contribution in [0.2, 0.25) is 0 Å². The molecular formula is C18H22N4O2S. The molecule has 2 aromatic rings. The van der Waals surface area contributed by atoms with Crippen LogP contribution < -0.4 is 10.2 Å². The molecule has 1 N–H and O–H groups in total. The van der Waals surface area contributed by atoms with Gasteiger partial charge in [0.05, 0.1) is 10.4 Å². The van der Waals surface area contributed by atoms with Gasteiger partial charge in [0.1, 0.15) is 5.82 Å². The van der Waals surface area contributed by atoms with Crippen LogP contribution in [0.3, 0.4) is 0 Å². The second-order valence-corrected chi connectivity index (χ2v) is 6.82. The Bertz CT molecular complexity index is 715. The predicted octanol–water partition coefficient (Wildman–Crippen LogP) is 2.25. The Morgan fingerprint density at radius 1 is 1.20 bits per heavy atom. The highest BCUT2D eigenvalue weighted by molar-refractivity contribution is 7.12. The summed E-state index contributed by atoms with van der Waals surface area (Å²) in [5, 5.41) is 4.69. The first-order valence-electron chi connectivity index (χ1n) is 8.51. The van der Waals surface area contributed by atoms with Crippen LogP contribution in [0.1, 0.15) is 33.4 Å². The number of nitrogens with one attached hydrogen (secondary N) is 1. The van der Waals surface area contributed by atoms with Crippen LogP contribution in [0, 0.1) is 0 Å². The summed E-state index contributed by atoms with van der Waals surface area (Å²) in [7, 11) is 0. The van der Waals surface area contributed by atoms with Crippen molar-refractivity contribution in [3.8, 4) is 0 Å². The fourth-order valence-electron chi connectivity index (χ4n) is 2.88. The van der Waals surface area contributed by atoms with E-state index in [1.165, 1.54) is 11.3 Å². The number of anilines is 1. The van der Waals surface area contributed by atoms with Crippen molar-refractivity contribution in [2.24, 2.45) is 0 Å². The van der Waals surface area contributed by atoms with Gasteiger partial charge in [0.25, 0.3) is 11.8 Å².